The lowest BCUT2D eigenvalue weighted by atomic mass is 9.92. The molecule has 1 saturated heterocycles. The molecule has 0 bridgehead atoms. The number of aromatic amines is 2. The Morgan fingerprint density at radius 1 is 1.21 bits per heavy atom. The van der Waals surface area contributed by atoms with Crippen LogP contribution in [-0.2, 0) is 10.0 Å². The molecular weight excluding hydrogens is 332 g/mol. The summed E-state index contributed by atoms with van der Waals surface area (Å²) in [5, 5.41) is 0.140. The van der Waals surface area contributed by atoms with Gasteiger partial charge in [0.1, 0.15) is 0 Å². The maximum absolute atomic E-state index is 12.8. The van der Waals surface area contributed by atoms with Crippen LogP contribution in [0.25, 0.3) is 10.9 Å². The highest BCUT2D eigenvalue weighted by Gasteiger charge is 2.30. The summed E-state index contributed by atoms with van der Waals surface area (Å²) in [6.45, 7) is 2.76. The van der Waals surface area contributed by atoms with Crippen molar-refractivity contribution in [2.45, 2.75) is 30.7 Å². The number of benzene rings is 1. The van der Waals surface area contributed by atoms with Gasteiger partial charge >= 0.3 is 5.69 Å². The molecule has 1 aromatic carbocycles. The van der Waals surface area contributed by atoms with Crippen molar-refractivity contribution in [1.29, 1.82) is 0 Å². The van der Waals surface area contributed by atoms with E-state index in [1.54, 1.807) is 0 Å². The summed E-state index contributed by atoms with van der Waals surface area (Å²) in [4.78, 5) is 27.8. The summed E-state index contributed by atoms with van der Waals surface area (Å²) in [6.07, 6.45) is 1.44. The molecule has 1 aromatic heterocycles. The van der Waals surface area contributed by atoms with Crippen molar-refractivity contribution in [1.82, 2.24) is 14.3 Å². The van der Waals surface area contributed by atoms with Gasteiger partial charge in [-0.2, -0.15) is 4.31 Å². The first-order chi connectivity index (χ1) is 11.3. The van der Waals surface area contributed by atoms with E-state index in [0.29, 0.717) is 24.5 Å². The Labute approximate surface area is 138 Å². The first kappa shape index (κ1) is 16.9. The Hall–Kier alpha value is -1.97. The second kappa shape index (κ2) is 6.15. The topological polar surface area (TPSA) is 129 Å². The molecular formula is C15H20N4O4S. The first-order valence-electron chi connectivity index (χ1n) is 7.81. The van der Waals surface area contributed by atoms with Crippen molar-refractivity contribution >= 4 is 20.9 Å². The van der Waals surface area contributed by atoms with Crippen LogP contribution in [0.3, 0.4) is 0 Å². The van der Waals surface area contributed by atoms with Crippen molar-refractivity contribution in [2.75, 3.05) is 13.1 Å². The number of sulfonamides is 1. The number of fused-ring (bicyclic) bond motifs is 1. The summed E-state index contributed by atoms with van der Waals surface area (Å²) >= 11 is 0. The molecule has 4 N–H and O–H groups in total. The third kappa shape index (κ3) is 3.02. The molecule has 1 aliphatic heterocycles. The molecule has 1 atom stereocenters. The van der Waals surface area contributed by atoms with Crippen molar-refractivity contribution in [3.8, 4) is 0 Å². The van der Waals surface area contributed by atoms with Crippen LogP contribution in [0.1, 0.15) is 19.8 Å². The quantitative estimate of drug-likeness (QED) is 0.714. The van der Waals surface area contributed by atoms with E-state index in [1.807, 2.05) is 6.92 Å². The number of nitrogens with zero attached hydrogens (tertiary/aromatic N) is 1. The number of nitrogens with two attached hydrogens (primary N) is 1. The van der Waals surface area contributed by atoms with Crippen LogP contribution in [0.4, 0.5) is 0 Å². The van der Waals surface area contributed by atoms with E-state index in [2.05, 4.69) is 9.97 Å². The number of piperidine rings is 1. The van der Waals surface area contributed by atoms with E-state index in [9.17, 15) is 18.0 Å². The van der Waals surface area contributed by atoms with Crippen molar-refractivity contribution in [3.05, 3.63) is 39.0 Å². The number of hydrogen-bond donors (Lipinski definition) is 3. The van der Waals surface area contributed by atoms with Gasteiger partial charge in [-0.05, 0) is 43.9 Å². The molecule has 2 aromatic rings. The zero-order chi connectivity index (χ0) is 17.5. The molecule has 130 valence electrons. The average molecular weight is 352 g/mol. The Balaban J connectivity index is 1.95. The smallest absolute Gasteiger partial charge is 0.326 e. The van der Waals surface area contributed by atoms with Gasteiger partial charge in [-0.15, -0.1) is 0 Å². The molecule has 24 heavy (non-hydrogen) atoms. The van der Waals surface area contributed by atoms with Gasteiger partial charge in [-0.3, -0.25) is 9.78 Å². The average Bonchev–Trinajstić information content (AvgIpc) is 2.54. The van der Waals surface area contributed by atoms with Crippen LogP contribution in [0.2, 0.25) is 0 Å². The molecule has 3 rings (SSSR count). The second-order valence-corrected chi connectivity index (χ2v) is 8.15. The van der Waals surface area contributed by atoms with Gasteiger partial charge in [-0.25, -0.2) is 13.2 Å². The fourth-order valence-electron chi connectivity index (χ4n) is 3.10. The Morgan fingerprint density at radius 3 is 2.50 bits per heavy atom. The Kier molecular flexibility index (Phi) is 4.33. The third-order valence-electron chi connectivity index (χ3n) is 4.59. The number of aromatic nitrogens is 2. The van der Waals surface area contributed by atoms with E-state index < -0.39 is 21.3 Å². The van der Waals surface area contributed by atoms with Crippen LogP contribution >= 0.6 is 0 Å². The lowest BCUT2D eigenvalue weighted by molar-refractivity contribution is 0.251. The van der Waals surface area contributed by atoms with Crippen molar-refractivity contribution < 1.29 is 8.42 Å². The van der Waals surface area contributed by atoms with E-state index in [4.69, 9.17) is 5.73 Å². The van der Waals surface area contributed by atoms with Crippen molar-refractivity contribution in [2.24, 2.45) is 11.7 Å². The van der Waals surface area contributed by atoms with E-state index >= 15 is 0 Å². The van der Waals surface area contributed by atoms with E-state index in [0.717, 1.165) is 12.8 Å². The minimum atomic E-state index is -3.68. The number of hydrogen-bond acceptors (Lipinski definition) is 5. The van der Waals surface area contributed by atoms with Crippen LogP contribution in [-0.4, -0.2) is 41.8 Å². The molecule has 8 nitrogen and oxygen atoms in total. The third-order valence-corrected chi connectivity index (χ3v) is 6.49. The number of H-pyrrole nitrogens is 2. The normalized spacial score (nSPS) is 18.8. The maximum Gasteiger partial charge on any atom is 0.326 e. The number of nitrogens with one attached hydrogen (secondary N) is 2. The zero-order valence-electron chi connectivity index (χ0n) is 13.3. The molecule has 9 heteroatoms. The fourth-order valence-corrected chi connectivity index (χ4v) is 4.59. The van der Waals surface area contributed by atoms with Crippen LogP contribution < -0.4 is 17.0 Å². The van der Waals surface area contributed by atoms with Gasteiger partial charge in [0.15, 0.2) is 0 Å². The lowest BCUT2D eigenvalue weighted by Crippen LogP contribution is -2.42. The molecule has 0 radical (unpaired) electrons. The zero-order valence-corrected chi connectivity index (χ0v) is 14.1. The molecule has 0 saturated carbocycles. The van der Waals surface area contributed by atoms with Gasteiger partial charge in [0, 0.05) is 19.1 Å². The first-order valence-corrected chi connectivity index (χ1v) is 9.25. The minimum Gasteiger partial charge on any atom is -0.328 e. The van der Waals surface area contributed by atoms with Crippen LogP contribution in [0.15, 0.2) is 32.7 Å². The van der Waals surface area contributed by atoms with Gasteiger partial charge in [0.25, 0.3) is 5.56 Å². The molecule has 0 spiro atoms. The predicted octanol–water partition coefficient (Wildman–Crippen LogP) is -0.0357. The SMILES string of the molecule is CC(N)C1CCN(S(=O)(=O)c2ccc3[nH]c(=O)[nH]c(=O)c3c2)CC1. The largest absolute Gasteiger partial charge is 0.328 e. The summed E-state index contributed by atoms with van der Waals surface area (Å²) in [7, 11) is -3.68. The van der Waals surface area contributed by atoms with E-state index in [-0.39, 0.29) is 16.3 Å². The lowest BCUT2D eigenvalue weighted by Gasteiger charge is -2.32. The van der Waals surface area contributed by atoms with Crippen LogP contribution in [0, 0.1) is 5.92 Å². The highest BCUT2D eigenvalue weighted by molar-refractivity contribution is 7.89. The predicted molar refractivity (Wildman–Crippen MR) is 90.3 cm³/mol. The van der Waals surface area contributed by atoms with Crippen molar-refractivity contribution in [3.63, 3.8) is 0 Å². The highest BCUT2D eigenvalue weighted by atomic mass is 32.2. The molecule has 1 aliphatic rings. The highest BCUT2D eigenvalue weighted by Crippen LogP contribution is 2.25. The monoisotopic (exact) mass is 352 g/mol. The molecule has 1 unspecified atom stereocenters. The molecule has 0 amide bonds. The van der Waals surface area contributed by atoms with Gasteiger partial charge in [0.2, 0.25) is 10.0 Å². The Morgan fingerprint density at radius 2 is 1.88 bits per heavy atom. The summed E-state index contributed by atoms with van der Waals surface area (Å²) in [5.41, 5.74) is 4.96. The standard InChI is InChI=1S/C15H20N4O4S/c1-9(16)10-4-6-19(7-5-10)24(22,23)11-2-3-13-12(8-11)14(20)18-15(21)17-13/h2-3,8-10H,4-7,16H2,1H3,(H2,17,18,20,21). The Bertz CT molecular complexity index is 969. The summed E-state index contributed by atoms with van der Waals surface area (Å²) in [6, 6.07) is 4.20. The van der Waals surface area contributed by atoms with E-state index in [1.165, 1.54) is 22.5 Å². The fraction of sp³-hybridized carbons (Fsp3) is 0.467. The molecule has 2 heterocycles. The minimum absolute atomic E-state index is 0.0471. The number of rotatable bonds is 3. The van der Waals surface area contributed by atoms with Gasteiger partial charge in [-0.1, -0.05) is 0 Å². The van der Waals surface area contributed by atoms with Crippen LogP contribution in [0.5, 0.6) is 0 Å². The molecule has 0 aliphatic carbocycles. The summed E-state index contributed by atoms with van der Waals surface area (Å²) < 4.78 is 27.0. The second-order valence-electron chi connectivity index (χ2n) is 6.22. The van der Waals surface area contributed by atoms with Gasteiger partial charge < -0.3 is 10.7 Å². The molecule has 1 fully saturated rings. The van der Waals surface area contributed by atoms with Gasteiger partial charge in [0.05, 0.1) is 15.8 Å². The summed E-state index contributed by atoms with van der Waals surface area (Å²) in [5.74, 6) is 0.320. The maximum atomic E-state index is 12.8.